The van der Waals surface area contributed by atoms with Crippen LogP contribution in [0.5, 0.6) is 5.75 Å². The van der Waals surface area contributed by atoms with Crippen LogP contribution in [-0.4, -0.2) is 18.0 Å². The molecule has 19 heavy (non-hydrogen) atoms. The van der Waals surface area contributed by atoms with Crippen molar-refractivity contribution in [1.29, 1.82) is 0 Å². The van der Waals surface area contributed by atoms with E-state index in [4.69, 9.17) is 4.74 Å². The number of benzene rings is 1. The van der Waals surface area contributed by atoms with E-state index in [-0.39, 0.29) is 5.91 Å². The number of amides is 1. The fourth-order valence-electron chi connectivity index (χ4n) is 1.47. The van der Waals surface area contributed by atoms with Gasteiger partial charge in [0.25, 0.3) is 5.91 Å². The number of carbonyl (C=O) groups excluding carboxylic acids is 1. The monoisotopic (exact) mass is 384 g/mol. The Labute approximate surface area is 127 Å². The summed E-state index contributed by atoms with van der Waals surface area (Å²) < 4.78 is 6.46. The molecule has 0 fully saturated rings. The molecule has 2 aromatic rings. The predicted octanol–water partition coefficient (Wildman–Crippen LogP) is 3.87. The summed E-state index contributed by atoms with van der Waals surface area (Å²) in [5, 5.41) is 2.73. The van der Waals surface area contributed by atoms with Crippen molar-refractivity contribution in [3.8, 4) is 5.75 Å². The fourth-order valence-corrected chi connectivity index (χ4v) is 2.24. The van der Waals surface area contributed by atoms with Crippen LogP contribution in [0.25, 0.3) is 0 Å². The first-order valence-electron chi connectivity index (χ1n) is 5.37. The summed E-state index contributed by atoms with van der Waals surface area (Å²) in [6, 6.07) is 10.5. The Morgan fingerprint density at radius 1 is 1.26 bits per heavy atom. The zero-order valence-corrected chi connectivity index (χ0v) is 13.2. The number of anilines is 1. The van der Waals surface area contributed by atoms with Crippen LogP contribution < -0.4 is 10.1 Å². The van der Waals surface area contributed by atoms with Crippen molar-refractivity contribution in [3.63, 3.8) is 0 Å². The SMILES string of the molecule is COc1ccc(Br)c(C(=O)Nc2cccc(Br)n2)c1. The molecule has 1 heterocycles. The molecule has 0 atom stereocenters. The number of hydrogen-bond acceptors (Lipinski definition) is 3. The third-order valence-electron chi connectivity index (χ3n) is 2.37. The van der Waals surface area contributed by atoms with Crippen LogP contribution in [0.3, 0.4) is 0 Å². The number of methoxy groups -OCH3 is 1. The molecule has 1 aromatic heterocycles. The number of hydrogen-bond donors (Lipinski definition) is 1. The molecule has 4 nitrogen and oxygen atoms in total. The topological polar surface area (TPSA) is 51.2 Å². The van der Waals surface area contributed by atoms with E-state index in [1.807, 2.05) is 0 Å². The Bertz CT molecular complexity index is 617. The molecule has 6 heteroatoms. The number of aromatic nitrogens is 1. The van der Waals surface area contributed by atoms with Crippen LogP contribution in [0.15, 0.2) is 45.5 Å². The van der Waals surface area contributed by atoms with E-state index >= 15 is 0 Å². The Kier molecular flexibility index (Phi) is 4.55. The third kappa shape index (κ3) is 3.54. The summed E-state index contributed by atoms with van der Waals surface area (Å²) in [4.78, 5) is 16.3. The van der Waals surface area contributed by atoms with Crippen LogP contribution in [0.2, 0.25) is 0 Å². The van der Waals surface area contributed by atoms with Gasteiger partial charge in [0.1, 0.15) is 16.2 Å². The van der Waals surface area contributed by atoms with Gasteiger partial charge in [-0.05, 0) is 62.2 Å². The van der Waals surface area contributed by atoms with Crippen molar-refractivity contribution >= 4 is 43.6 Å². The molecule has 0 spiro atoms. The summed E-state index contributed by atoms with van der Waals surface area (Å²) in [6.07, 6.45) is 0. The molecule has 0 aliphatic carbocycles. The Morgan fingerprint density at radius 2 is 2.05 bits per heavy atom. The highest BCUT2D eigenvalue weighted by Gasteiger charge is 2.12. The zero-order valence-electron chi connectivity index (χ0n) is 9.98. The second-order valence-electron chi connectivity index (χ2n) is 3.65. The molecule has 0 bridgehead atoms. The molecule has 0 unspecified atom stereocenters. The van der Waals surface area contributed by atoms with Crippen LogP contribution >= 0.6 is 31.9 Å². The normalized spacial score (nSPS) is 10.1. The van der Waals surface area contributed by atoms with E-state index < -0.39 is 0 Å². The number of rotatable bonds is 3. The van der Waals surface area contributed by atoms with Gasteiger partial charge in [0.05, 0.1) is 12.7 Å². The van der Waals surface area contributed by atoms with E-state index in [2.05, 4.69) is 42.2 Å². The maximum Gasteiger partial charge on any atom is 0.258 e. The van der Waals surface area contributed by atoms with Gasteiger partial charge in [-0.3, -0.25) is 4.79 Å². The minimum atomic E-state index is -0.253. The predicted molar refractivity (Wildman–Crippen MR) is 80.6 cm³/mol. The lowest BCUT2D eigenvalue weighted by molar-refractivity contribution is 0.102. The lowest BCUT2D eigenvalue weighted by Crippen LogP contribution is -2.13. The van der Waals surface area contributed by atoms with Crippen molar-refractivity contribution in [2.24, 2.45) is 0 Å². The van der Waals surface area contributed by atoms with Gasteiger partial charge in [-0.25, -0.2) is 4.98 Å². The number of nitrogens with one attached hydrogen (secondary N) is 1. The fraction of sp³-hybridized carbons (Fsp3) is 0.0769. The second-order valence-corrected chi connectivity index (χ2v) is 5.31. The number of ether oxygens (including phenoxy) is 1. The Hall–Kier alpha value is -1.40. The number of nitrogens with zero attached hydrogens (tertiary/aromatic N) is 1. The number of pyridine rings is 1. The molecule has 1 amide bonds. The van der Waals surface area contributed by atoms with Crippen LogP contribution in [0, 0.1) is 0 Å². The highest BCUT2D eigenvalue weighted by Crippen LogP contribution is 2.23. The minimum absolute atomic E-state index is 0.253. The van der Waals surface area contributed by atoms with Gasteiger partial charge in [0.2, 0.25) is 0 Å². The molecule has 0 radical (unpaired) electrons. The van der Waals surface area contributed by atoms with Gasteiger partial charge in [0, 0.05) is 4.47 Å². The number of carbonyl (C=O) groups is 1. The second kappa shape index (κ2) is 6.16. The third-order valence-corrected chi connectivity index (χ3v) is 3.51. The molecule has 98 valence electrons. The van der Waals surface area contributed by atoms with E-state index in [0.717, 1.165) is 0 Å². The standard InChI is InChI=1S/C13H10Br2N2O2/c1-19-8-5-6-10(14)9(7-8)13(18)17-12-4-2-3-11(15)16-12/h2-7H,1H3,(H,16,17,18). The molecule has 1 N–H and O–H groups in total. The molecule has 0 aliphatic rings. The smallest absolute Gasteiger partial charge is 0.258 e. The van der Waals surface area contributed by atoms with E-state index in [1.165, 1.54) is 0 Å². The van der Waals surface area contributed by atoms with Crippen molar-refractivity contribution in [1.82, 2.24) is 4.98 Å². The van der Waals surface area contributed by atoms with E-state index in [1.54, 1.807) is 43.5 Å². The summed E-state index contributed by atoms with van der Waals surface area (Å²) in [5.74, 6) is 0.848. The van der Waals surface area contributed by atoms with Crippen LogP contribution in [0.4, 0.5) is 5.82 Å². The van der Waals surface area contributed by atoms with Crippen molar-refractivity contribution < 1.29 is 9.53 Å². The first kappa shape index (κ1) is 14.0. The molecular weight excluding hydrogens is 376 g/mol. The van der Waals surface area contributed by atoms with Crippen molar-refractivity contribution in [2.75, 3.05) is 12.4 Å². The first-order chi connectivity index (χ1) is 9.10. The largest absolute Gasteiger partial charge is 0.497 e. The van der Waals surface area contributed by atoms with Gasteiger partial charge in [-0.2, -0.15) is 0 Å². The van der Waals surface area contributed by atoms with Crippen molar-refractivity contribution in [2.45, 2.75) is 0 Å². The van der Waals surface area contributed by atoms with E-state index in [0.29, 0.717) is 26.2 Å². The average molecular weight is 386 g/mol. The van der Waals surface area contributed by atoms with Crippen LogP contribution in [0.1, 0.15) is 10.4 Å². The Morgan fingerprint density at radius 3 is 2.74 bits per heavy atom. The van der Waals surface area contributed by atoms with Gasteiger partial charge >= 0.3 is 0 Å². The average Bonchev–Trinajstić information content (AvgIpc) is 2.39. The molecule has 2 rings (SSSR count). The van der Waals surface area contributed by atoms with Gasteiger partial charge < -0.3 is 10.1 Å². The van der Waals surface area contributed by atoms with Gasteiger partial charge in [-0.1, -0.05) is 6.07 Å². The molecule has 0 saturated carbocycles. The molecule has 1 aromatic carbocycles. The Balaban J connectivity index is 2.25. The minimum Gasteiger partial charge on any atom is -0.497 e. The van der Waals surface area contributed by atoms with E-state index in [9.17, 15) is 4.79 Å². The van der Waals surface area contributed by atoms with Gasteiger partial charge in [0.15, 0.2) is 0 Å². The first-order valence-corrected chi connectivity index (χ1v) is 6.96. The quantitative estimate of drug-likeness (QED) is 0.816. The molecule has 0 aliphatic heterocycles. The summed E-state index contributed by atoms with van der Waals surface area (Å²) in [5.41, 5.74) is 0.487. The lowest BCUT2D eigenvalue weighted by atomic mass is 10.2. The molecular formula is C13H10Br2N2O2. The summed E-state index contributed by atoms with van der Waals surface area (Å²) in [7, 11) is 1.56. The summed E-state index contributed by atoms with van der Waals surface area (Å²) >= 11 is 6.60. The highest BCUT2D eigenvalue weighted by atomic mass is 79.9. The summed E-state index contributed by atoms with van der Waals surface area (Å²) in [6.45, 7) is 0. The zero-order chi connectivity index (χ0) is 13.8. The maximum atomic E-state index is 12.2. The van der Waals surface area contributed by atoms with Crippen LogP contribution in [-0.2, 0) is 0 Å². The lowest BCUT2D eigenvalue weighted by Gasteiger charge is -2.08. The number of halogens is 2. The highest BCUT2D eigenvalue weighted by molar-refractivity contribution is 9.10. The van der Waals surface area contributed by atoms with Crippen molar-refractivity contribution in [3.05, 3.63) is 51.0 Å². The maximum absolute atomic E-state index is 12.2. The van der Waals surface area contributed by atoms with Gasteiger partial charge in [-0.15, -0.1) is 0 Å². The molecule has 0 saturated heterocycles.